The number of carbonyl (C=O) groups excluding carboxylic acids is 1. The van der Waals surface area contributed by atoms with E-state index in [1.165, 1.54) is 33.5 Å². The number of hydrogen-bond acceptors (Lipinski definition) is 7. The third-order valence-corrected chi connectivity index (χ3v) is 7.54. The van der Waals surface area contributed by atoms with Crippen LogP contribution in [-0.4, -0.2) is 52.1 Å². The first-order valence-electron chi connectivity index (χ1n) is 12.0. The summed E-state index contributed by atoms with van der Waals surface area (Å²) in [7, 11) is -3.46. The molecule has 0 spiro atoms. The Labute approximate surface area is 216 Å². The van der Waals surface area contributed by atoms with Crippen LogP contribution in [-0.2, 0) is 21.2 Å². The number of ether oxygens (including phenoxy) is 2. The van der Waals surface area contributed by atoms with Crippen molar-refractivity contribution in [2.75, 3.05) is 42.3 Å². The fraction of sp³-hybridized carbons (Fsp3) is 0.296. The number of nitrogens with zero attached hydrogens (tertiary/aromatic N) is 1. The third kappa shape index (κ3) is 5.41. The second-order valence-electron chi connectivity index (χ2n) is 9.23. The topological polar surface area (TPSA) is 117 Å². The molecular weight excluding hydrogens is 494 g/mol. The number of carbonyl (C=O) groups is 1. The highest BCUT2D eigenvalue weighted by atomic mass is 32.2. The van der Waals surface area contributed by atoms with Crippen molar-refractivity contribution in [1.29, 1.82) is 0 Å². The van der Waals surface area contributed by atoms with Gasteiger partial charge < -0.3 is 25.2 Å². The Morgan fingerprint density at radius 2 is 1.86 bits per heavy atom. The van der Waals surface area contributed by atoms with Crippen LogP contribution >= 0.6 is 0 Å². The highest BCUT2D eigenvalue weighted by molar-refractivity contribution is 7.92. The van der Waals surface area contributed by atoms with Crippen LogP contribution in [0.4, 0.5) is 11.4 Å². The molecule has 1 atom stereocenters. The van der Waals surface area contributed by atoms with Crippen LogP contribution in [0.5, 0.6) is 11.5 Å². The zero-order valence-corrected chi connectivity index (χ0v) is 21.5. The Hall–Kier alpha value is -3.60. The summed E-state index contributed by atoms with van der Waals surface area (Å²) >= 11 is 0. The summed E-state index contributed by atoms with van der Waals surface area (Å²) in [5.41, 5.74) is 6.53. The Bertz CT molecular complexity index is 1460. The third-order valence-electron chi connectivity index (χ3n) is 6.43. The summed E-state index contributed by atoms with van der Waals surface area (Å²) < 4.78 is 36.4. The monoisotopic (exact) mass is 523 g/mol. The predicted octanol–water partition coefficient (Wildman–Crippen LogP) is 3.03. The van der Waals surface area contributed by atoms with E-state index in [9.17, 15) is 18.3 Å². The molecule has 0 saturated carbocycles. The molecule has 0 unspecified atom stereocenters. The number of aliphatic hydroxyl groups excluding tert-OH is 1. The molecule has 0 saturated heterocycles. The van der Waals surface area contributed by atoms with E-state index >= 15 is 0 Å². The van der Waals surface area contributed by atoms with Crippen LogP contribution in [0.3, 0.4) is 0 Å². The van der Waals surface area contributed by atoms with E-state index in [4.69, 9.17) is 9.47 Å². The molecule has 1 aliphatic heterocycles. The van der Waals surface area contributed by atoms with Crippen LogP contribution in [0.15, 0.2) is 54.6 Å². The number of benzene rings is 3. The highest BCUT2D eigenvalue weighted by Gasteiger charge is 2.28. The van der Waals surface area contributed by atoms with Gasteiger partial charge in [-0.1, -0.05) is 18.2 Å². The minimum atomic E-state index is -3.46. The lowest BCUT2D eigenvalue weighted by atomic mass is 10.1. The Kier molecular flexibility index (Phi) is 6.80. The van der Waals surface area contributed by atoms with Gasteiger partial charge in [0.15, 0.2) is 6.73 Å². The molecule has 10 heteroatoms. The minimum absolute atomic E-state index is 0.0593. The van der Waals surface area contributed by atoms with Gasteiger partial charge in [0.05, 0.1) is 18.0 Å². The van der Waals surface area contributed by atoms with Gasteiger partial charge in [-0.2, -0.15) is 0 Å². The molecule has 9 nitrogen and oxygen atoms in total. The molecule has 1 heterocycles. The number of aliphatic hydroxyl groups is 1. The molecule has 2 aliphatic rings. The first-order chi connectivity index (χ1) is 17.7. The van der Waals surface area contributed by atoms with Gasteiger partial charge in [0.25, 0.3) is 0 Å². The lowest BCUT2D eigenvalue weighted by molar-refractivity contribution is -0.114. The molecule has 3 N–H and O–H groups in total. The van der Waals surface area contributed by atoms with Gasteiger partial charge in [0, 0.05) is 25.7 Å². The lowest BCUT2D eigenvalue weighted by Crippen LogP contribution is -2.29. The summed E-state index contributed by atoms with van der Waals surface area (Å²) in [6, 6.07) is 17.1. The SMILES string of the molecule is CC(=O)Nc1ccc2c(c1)Cc1cc(OCCNC[C@H](O)c3ccc4c(c3)N(S(C)(=O)=O)CO4)ccc1-2. The number of nitrogens with one attached hydrogen (secondary N) is 2. The van der Waals surface area contributed by atoms with Crippen LogP contribution in [0, 0.1) is 0 Å². The molecule has 3 aromatic carbocycles. The van der Waals surface area contributed by atoms with Crippen LogP contribution < -0.4 is 24.4 Å². The van der Waals surface area contributed by atoms with E-state index in [0.717, 1.165) is 24.1 Å². The molecule has 1 amide bonds. The van der Waals surface area contributed by atoms with Gasteiger partial charge in [-0.05, 0) is 70.6 Å². The van der Waals surface area contributed by atoms with Crippen molar-refractivity contribution >= 4 is 27.3 Å². The quantitative estimate of drug-likeness (QED) is 0.289. The first-order valence-corrected chi connectivity index (χ1v) is 13.8. The lowest BCUT2D eigenvalue weighted by Gasteiger charge is -2.16. The number of amides is 1. The molecule has 5 rings (SSSR count). The van der Waals surface area contributed by atoms with Gasteiger partial charge in [0.2, 0.25) is 15.9 Å². The van der Waals surface area contributed by atoms with Crippen LogP contribution in [0.25, 0.3) is 11.1 Å². The summed E-state index contributed by atoms with van der Waals surface area (Å²) in [5, 5.41) is 16.6. The fourth-order valence-corrected chi connectivity index (χ4v) is 5.43. The average molecular weight is 524 g/mol. The van der Waals surface area contributed by atoms with Crippen molar-refractivity contribution in [2.24, 2.45) is 0 Å². The fourth-order valence-electron chi connectivity index (χ4n) is 4.69. The van der Waals surface area contributed by atoms with Gasteiger partial charge in [-0.15, -0.1) is 0 Å². The van der Waals surface area contributed by atoms with Gasteiger partial charge in [-0.25, -0.2) is 12.7 Å². The molecule has 37 heavy (non-hydrogen) atoms. The zero-order chi connectivity index (χ0) is 26.2. The molecule has 3 aromatic rings. The summed E-state index contributed by atoms with van der Waals surface area (Å²) in [5.74, 6) is 1.16. The van der Waals surface area contributed by atoms with E-state index < -0.39 is 16.1 Å². The molecule has 0 fully saturated rings. The van der Waals surface area contributed by atoms with E-state index in [1.807, 2.05) is 30.3 Å². The molecule has 194 valence electrons. The van der Waals surface area contributed by atoms with Gasteiger partial charge >= 0.3 is 0 Å². The van der Waals surface area contributed by atoms with Crippen molar-refractivity contribution in [3.8, 4) is 22.6 Å². The predicted molar refractivity (Wildman–Crippen MR) is 142 cm³/mol. The largest absolute Gasteiger partial charge is 0.492 e. The summed E-state index contributed by atoms with van der Waals surface area (Å²) in [6.45, 7) is 2.68. The van der Waals surface area contributed by atoms with Crippen molar-refractivity contribution in [3.63, 3.8) is 0 Å². The highest BCUT2D eigenvalue weighted by Crippen LogP contribution is 2.40. The van der Waals surface area contributed by atoms with Crippen molar-refractivity contribution in [2.45, 2.75) is 19.4 Å². The van der Waals surface area contributed by atoms with Gasteiger partial charge in [0.1, 0.15) is 18.1 Å². The first kappa shape index (κ1) is 25.1. The normalized spacial score (nSPS) is 14.4. The number of sulfonamides is 1. The van der Waals surface area contributed by atoms with Crippen molar-refractivity contribution < 1.29 is 27.8 Å². The van der Waals surface area contributed by atoms with Crippen molar-refractivity contribution in [3.05, 3.63) is 71.3 Å². The molecule has 0 radical (unpaired) electrons. The molecular formula is C27H29N3O6S. The van der Waals surface area contributed by atoms with E-state index in [0.29, 0.717) is 30.2 Å². The minimum Gasteiger partial charge on any atom is -0.492 e. The zero-order valence-electron chi connectivity index (χ0n) is 20.7. The van der Waals surface area contributed by atoms with Crippen LogP contribution in [0.2, 0.25) is 0 Å². The van der Waals surface area contributed by atoms with Crippen LogP contribution in [0.1, 0.15) is 29.7 Å². The number of fused-ring (bicyclic) bond motifs is 4. The summed E-state index contributed by atoms with van der Waals surface area (Å²) in [6.07, 6.45) is 1.09. The average Bonchev–Trinajstić information content (AvgIpc) is 3.43. The van der Waals surface area contributed by atoms with E-state index in [2.05, 4.69) is 16.7 Å². The smallest absolute Gasteiger partial charge is 0.235 e. The second kappa shape index (κ2) is 10.0. The standard InChI is InChI=1S/C27H29N3O6S/c1-17(31)29-21-4-6-23-19(12-21)11-20-13-22(5-7-24(20)23)35-10-9-28-15-26(32)18-3-8-27-25(14-18)30(16-36-27)37(2,33)34/h3-8,12-14,26,28,32H,9-11,15-16H2,1-2H3,(H,29,31)/t26-/m0/s1. The maximum atomic E-state index is 11.9. The van der Waals surface area contributed by atoms with Gasteiger partial charge in [-0.3, -0.25) is 4.79 Å². The number of rotatable bonds is 9. The Morgan fingerprint density at radius 3 is 2.62 bits per heavy atom. The molecule has 0 aromatic heterocycles. The second-order valence-corrected chi connectivity index (χ2v) is 11.1. The maximum absolute atomic E-state index is 11.9. The molecule has 0 bridgehead atoms. The maximum Gasteiger partial charge on any atom is 0.235 e. The Morgan fingerprint density at radius 1 is 1.11 bits per heavy atom. The Balaban J connectivity index is 1.12. The summed E-state index contributed by atoms with van der Waals surface area (Å²) in [4.78, 5) is 11.3. The van der Waals surface area contributed by atoms with Crippen molar-refractivity contribution in [1.82, 2.24) is 5.32 Å². The molecule has 1 aliphatic carbocycles. The van der Waals surface area contributed by atoms with E-state index in [1.54, 1.807) is 18.2 Å². The number of hydrogen-bond donors (Lipinski definition) is 3. The van der Waals surface area contributed by atoms with E-state index in [-0.39, 0.29) is 19.2 Å². The number of anilines is 2.